The van der Waals surface area contributed by atoms with Crippen LogP contribution in [0.15, 0.2) is 31.0 Å². The van der Waals surface area contributed by atoms with Crippen molar-refractivity contribution in [3.63, 3.8) is 0 Å². The van der Waals surface area contributed by atoms with Crippen LogP contribution in [0, 0.1) is 0 Å². The molecule has 2 atom stereocenters. The zero-order valence-electron chi connectivity index (χ0n) is 16.4. The van der Waals surface area contributed by atoms with Crippen LogP contribution in [0.1, 0.15) is 13.3 Å². The van der Waals surface area contributed by atoms with Gasteiger partial charge in [-0.3, -0.25) is 0 Å². The molecule has 0 amide bonds. The summed E-state index contributed by atoms with van der Waals surface area (Å²) in [4.78, 5) is 21.8. The largest absolute Gasteiger partial charge is 0.391 e. The van der Waals surface area contributed by atoms with Crippen LogP contribution in [0.25, 0.3) is 11.0 Å². The van der Waals surface area contributed by atoms with Crippen LogP contribution in [-0.4, -0.2) is 68.9 Å². The summed E-state index contributed by atoms with van der Waals surface area (Å²) < 4.78 is 2.09. The van der Waals surface area contributed by atoms with E-state index in [4.69, 9.17) is 0 Å². The average molecular weight is 382 g/mol. The van der Waals surface area contributed by atoms with Gasteiger partial charge in [0.1, 0.15) is 23.5 Å². The van der Waals surface area contributed by atoms with Crippen LogP contribution in [-0.2, 0) is 6.54 Å². The lowest BCUT2D eigenvalue weighted by Crippen LogP contribution is -2.36. The second kappa shape index (κ2) is 7.59. The highest BCUT2D eigenvalue weighted by Gasteiger charge is 2.32. The molecule has 0 unspecified atom stereocenters. The molecule has 3 aromatic heterocycles. The van der Waals surface area contributed by atoms with Gasteiger partial charge in [0.15, 0.2) is 5.82 Å². The highest BCUT2D eigenvalue weighted by Crippen LogP contribution is 2.27. The maximum atomic E-state index is 10.3. The van der Waals surface area contributed by atoms with Crippen LogP contribution in [0.3, 0.4) is 0 Å². The fourth-order valence-electron chi connectivity index (χ4n) is 3.69. The Bertz CT molecular complexity index is 956. The Morgan fingerprint density at radius 1 is 1.25 bits per heavy atom. The van der Waals surface area contributed by atoms with Crippen molar-refractivity contribution in [3.8, 4) is 0 Å². The predicted molar refractivity (Wildman–Crippen MR) is 110 cm³/mol. The molecule has 1 aliphatic heterocycles. The Kier molecular flexibility index (Phi) is 4.99. The Hall–Kier alpha value is -2.94. The van der Waals surface area contributed by atoms with Crippen LogP contribution >= 0.6 is 0 Å². The minimum Gasteiger partial charge on any atom is -0.391 e. The second-order valence-electron chi connectivity index (χ2n) is 7.26. The first-order valence-corrected chi connectivity index (χ1v) is 9.54. The van der Waals surface area contributed by atoms with Crippen molar-refractivity contribution in [1.29, 1.82) is 0 Å². The normalized spacial score (nSPS) is 19.4. The Morgan fingerprint density at radius 3 is 2.89 bits per heavy atom. The summed E-state index contributed by atoms with van der Waals surface area (Å²) in [6.45, 7) is 4.16. The zero-order chi connectivity index (χ0) is 19.7. The van der Waals surface area contributed by atoms with E-state index in [-0.39, 0.29) is 12.1 Å². The standard InChI is InChI=1S/C19H26N8O/c1-4-26-12-24-18-15(26)5-6-20-19(18)21-9-13-7-14(28)10-27(13)17-8-16(25(2)3)22-11-23-17/h5-6,8,11-14,28H,4,7,9-10H2,1-3H3,(H,20,21)/t13-,14-/m1/s1. The summed E-state index contributed by atoms with van der Waals surface area (Å²) in [5, 5.41) is 13.7. The van der Waals surface area contributed by atoms with Gasteiger partial charge in [0.2, 0.25) is 0 Å². The highest BCUT2D eigenvalue weighted by molar-refractivity contribution is 5.85. The summed E-state index contributed by atoms with van der Waals surface area (Å²) >= 11 is 0. The number of hydrogen-bond acceptors (Lipinski definition) is 8. The van der Waals surface area contributed by atoms with Crippen molar-refractivity contribution in [1.82, 2.24) is 24.5 Å². The smallest absolute Gasteiger partial charge is 0.154 e. The van der Waals surface area contributed by atoms with Gasteiger partial charge in [-0.05, 0) is 19.4 Å². The molecule has 4 rings (SSSR count). The van der Waals surface area contributed by atoms with Gasteiger partial charge in [-0.25, -0.2) is 19.9 Å². The fraction of sp³-hybridized carbons (Fsp3) is 0.474. The lowest BCUT2D eigenvalue weighted by atomic mass is 10.2. The SMILES string of the molecule is CCn1cnc2c(NC[C@H]3C[C@@H](O)CN3c3cc(N(C)C)ncn3)nccc21. The molecule has 148 valence electrons. The third-order valence-corrected chi connectivity index (χ3v) is 5.17. The van der Waals surface area contributed by atoms with Gasteiger partial charge in [-0.1, -0.05) is 0 Å². The molecule has 0 aromatic carbocycles. The summed E-state index contributed by atoms with van der Waals surface area (Å²) in [5.41, 5.74) is 1.93. The molecule has 9 nitrogen and oxygen atoms in total. The van der Waals surface area contributed by atoms with Gasteiger partial charge in [-0.2, -0.15) is 0 Å². The number of rotatable bonds is 6. The Morgan fingerprint density at radius 2 is 2.11 bits per heavy atom. The topological polar surface area (TPSA) is 95.2 Å². The van der Waals surface area contributed by atoms with E-state index in [0.29, 0.717) is 19.5 Å². The Balaban J connectivity index is 1.54. The number of imidazole rings is 1. The molecule has 1 fully saturated rings. The molecule has 28 heavy (non-hydrogen) atoms. The predicted octanol–water partition coefficient (Wildman–Crippen LogP) is 1.36. The van der Waals surface area contributed by atoms with E-state index in [1.165, 1.54) is 0 Å². The number of hydrogen-bond donors (Lipinski definition) is 2. The number of anilines is 3. The van der Waals surface area contributed by atoms with Crippen molar-refractivity contribution in [2.75, 3.05) is 42.3 Å². The van der Waals surface area contributed by atoms with Crippen LogP contribution in [0.2, 0.25) is 0 Å². The molecule has 0 spiro atoms. The molecule has 2 N–H and O–H groups in total. The van der Waals surface area contributed by atoms with Gasteiger partial charge < -0.3 is 24.8 Å². The lowest BCUT2D eigenvalue weighted by molar-refractivity contribution is 0.194. The van der Waals surface area contributed by atoms with Gasteiger partial charge >= 0.3 is 0 Å². The van der Waals surface area contributed by atoms with E-state index < -0.39 is 0 Å². The molecular weight excluding hydrogens is 356 g/mol. The number of nitrogens with zero attached hydrogens (tertiary/aromatic N) is 7. The van der Waals surface area contributed by atoms with Crippen LogP contribution < -0.4 is 15.1 Å². The first-order valence-electron chi connectivity index (χ1n) is 9.54. The number of aliphatic hydroxyl groups is 1. The monoisotopic (exact) mass is 382 g/mol. The van der Waals surface area contributed by atoms with E-state index in [1.807, 2.05) is 37.5 Å². The van der Waals surface area contributed by atoms with Gasteiger partial charge in [-0.15, -0.1) is 0 Å². The molecule has 4 heterocycles. The fourth-order valence-corrected chi connectivity index (χ4v) is 3.69. The first kappa shape index (κ1) is 18.4. The van der Waals surface area contributed by atoms with Crippen molar-refractivity contribution < 1.29 is 5.11 Å². The maximum absolute atomic E-state index is 10.3. The van der Waals surface area contributed by atoms with Crippen molar-refractivity contribution in [2.24, 2.45) is 0 Å². The summed E-state index contributed by atoms with van der Waals surface area (Å²) in [6.07, 6.45) is 5.50. The maximum Gasteiger partial charge on any atom is 0.154 e. The Labute approximate surface area is 164 Å². The first-order chi connectivity index (χ1) is 13.6. The molecule has 0 aliphatic carbocycles. The van der Waals surface area contributed by atoms with Gasteiger partial charge in [0.25, 0.3) is 0 Å². The number of fused-ring (bicyclic) bond motifs is 1. The van der Waals surface area contributed by atoms with E-state index in [9.17, 15) is 5.11 Å². The van der Waals surface area contributed by atoms with Crippen molar-refractivity contribution in [3.05, 3.63) is 31.0 Å². The van der Waals surface area contributed by atoms with Gasteiger partial charge in [0.05, 0.1) is 24.0 Å². The summed E-state index contributed by atoms with van der Waals surface area (Å²) in [7, 11) is 3.90. The third kappa shape index (κ3) is 3.45. The van der Waals surface area contributed by atoms with E-state index in [1.54, 1.807) is 12.5 Å². The number of aromatic nitrogens is 5. The summed E-state index contributed by atoms with van der Waals surface area (Å²) in [5.74, 6) is 2.43. The molecule has 0 saturated carbocycles. The number of pyridine rings is 1. The molecule has 0 bridgehead atoms. The molecule has 0 radical (unpaired) electrons. The summed E-state index contributed by atoms with van der Waals surface area (Å²) in [6, 6.07) is 4.03. The van der Waals surface area contributed by atoms with Crippen LogP contribution in [0.4, 0.5) is 17.5 Å². The minimum atomic E-state index is -0.382. The molecule has 1 aliphatic rings. The zero-order valence-corrected chi connectivity index (χ0v) is 16.4. The van der Waals surface area contributed by atoms with Crippen LogP contribution in [0.5, 0.6) is 0 Å². The van der Waals surface area contributed by atoms with Crippen molar-refractivity contribution in [2.45, 2.75) is 32.0 Å². The highest BCUT2D eigenvalue weighted by atomic mass is 16.3. The minimum absolute atomic E-state index is 0.102. The molecule has 9 heteroatoms. The number of nitrogens with one attached hydrogen (secondary N) is 1. The number of β-amino-alcohol motifs (C(OH)–C–C–N with tert-alkyl or cyclic N) is 1. The van der Waals surface area contributed by atoms with E-state index in [2.05, 4.69) is 41.6 Å². The molecular formula is C19H26N8O. The quantitative estimate of drug-likeness (QED) is 0.660. The van der Waals surface area contributed by atoms with E-state index in [0.717, 1.165) is 35.0 Å². The third-order valence-electron chi connectivity index (χ3n) is 5.17. The molecule has 1 saturated heterocycles. The second-order valence-corrected chi connectivity index (χ2v) is 7.26. The van der Waals surface area contributed by atoms with Gasteiger partial charge in [0, 0.05) is 46.0 Å². The molecule has 3 aromatic rings. The lowest BCUT2D eigenvalue weighted by Gasteiger charge is -2.26. The number of aryl methyl sites for hydroxylation is 1. The number of aliphatic hydroxyl groups excluding tert-OH is 1. The average Bonchev–Trinajstić information content (AvgIpc) is 3.29. The van der Waals surface area contributed by atoms with E-state index >= 15 is 0 Å². The van der Waals surface area contributed by atoms with Crippen molar-refractivity contribution >= 4 is 28.5 Å².